The van der Waals surface area contributed by atoms with Crippen molar-refractivity contribution in [2.24, 2.45) is 0 Å². The van der Waals surface area contributed by atoms with Crippen LogP contribution in [0.5, 0.6) is 0 Å². The van der Waals surface area contributed by atoms with E-state index in [1.807, 2.05) is 30.3 Å². The summed E-state index contributed by atoms with van der Waals surface area (Å²) < 4.78 is 32.8. The Balaban J connectivity index is 1.88. The van der Waals surface area contributed by atoms with E-state index in [0.29, 0.717) is 0 Å². The molecule has 2 fully saturated rings. The van der Waals surface area contributed by atoms with Gasteiger partial charge >= 0.3 is 0 Å². The third kappa shape index (κ3) is 6.39. The van der Waals surface area contributed by atoms with Crippen LogP contribution in [0, 0.1) is 0 Å². The maximum atomic E-state index is 12.7. The van der Waals surface area contributed by atoms with Crippen LogP contribution in [0.2, 0.25) is 0 Å². The Morgan fingerprint density at radius 1 is 1.24 bits per heavy atom. The van der Waals surface area contributed by atoms with Gasteiger partial charge in [-0.1, -0.05) is 71.2 Å². The normalized spacial score (nSPS) is 28.2. The van der Waals surface area contributed by atoms with Crippen LogP contribution < -0.4 is 5.32 Å². The molecular formula is C22H28Cl3NO7. The van der Waals surface area contributed by atoms with E-state index in [1.54, 1.807) is 13.8 Å². The maximum Gasteiger partial charge on any atom is 0.273 e. The first-order chi connectivity index (χ1) is 15.5. The first-order valence-electron chi connectivity index (χ1n) is 10.3. The fourth-order valence-corrected chi connectivity index (χ4v) is 3.97. The van der Waals surface area contributed by atoms with E-state index in [9.17, 15) is 4.79 Å². The minimum Gasteiger partial charge on any atom is -0.374 e. The van der Waals surface area contributed by atoms with Crippen molar-refractivity contribution in [2.75, 3.05) is 20.5 Å². The molecule has 33 heavy (non-hydrogen) atoms. The van der Waals surface area contributed by atoms with Crippen molar-refractivity contribution in [3.8, 4) is 0 Å². The molecular weight excluding hydrogens is 497 g/mol. The molecule has 184 valence electrons. The van der Waals surface area contributed by atoms with Crippen LogP contribution in [0.3, 0.4) is 0 Å². The predicted molar refractivity (Wildman–Crippen MR) is 123 cm³/mol. The van der Waals surface area contributed by atoms with Crippen molar-refractivity contribution < 1.29 is 33.2 Å². The van der Waals surface area contributed by atoms with Gasteiger partial charge in [-0.2, -0.15) is 0 Å². The van der Waals surface area contributed by atoms with Crippen LogP contribution in [0.25, 0.3) is 0 Å². The quantitative estimate of drug-likeness (QED) is 0.285. The highest BCUT2D eigenvalue weighted by Gasteiger charge is 2.61. The maximum absolute atomic E-state index is 12.7. The topological polar surface area (TPSA) is 84.5 Å². The number of nitrogens with one attached hydrogen (secondary N) is 1. The highest BCUT2D eigenvalue weighted by Crippen LogP contribution is 2.42. The molecule has 0 saturated carbocycles. The van der Waals surface area contributed by atoms with E-state index in [4.69, 9.17) is 63.2 Å². The lowest BCUT2D eigenvalue weighted by Crippen LogP contribution is -2.64. The van der Waals surface area contributed by atoms with Crippen molar-refractivity contribution in [1.29, 1.82) is 0 Å². The second-order valence-electron chi connectivity index (χ2n) is 8.24. The van der Waals surface area contributed by atoms with Crippen molar-refractivity contribution in [3.63, 3.8) is 0 Å². The van der Waals surface area contributed by atoms with Gasteiger partial charge in [0, 0.05) is 7.11 Å². The molecule has 0 aliphatic carbocycles. The molecule has 8 nitrogen and oxygen atoms in total. The number of halogens is 3. The van der Waals surface area contributed by atoms with Crippen LogP contribution in [0.1, 0.15) is 19.4 Å². The second kappa shape index (κ2) is 10.8. The Labute approximate surface area is 208 Å². The molecule has 5 atom stereocenters. The van der Waals surface area contributed by atoms with E-state index < -0.39 is 45.6 Å². The fourth-order valence-electron chi connectivity index (χ4n) is 3.83. The number of hydrogen-bond acceptors (Lipinski definition) is 7. The number of methoxy groups -OCH3 is 1. The van der Waals surface area contributed by atoms with E-state index in [0.717, 1.165) is 5.56 Å². The molecule has 1 aromatic rings. The van der Waals surface area contributed by atoms with Crippen molar-refractivity contribution in [3.05, 3.63) is 48.6 Å². The number of alkyl halides is 3. The van der Waals surface area contributed by atoms with Gasteiger partial charge in [0.1, 0.15) is 30.6 Å². The molecule has 1 N–H and O–H groups in total. The van der Waals surface area contributed by atoms with E-state index in [2.05, 4.69) is 11.9 Å². The molecule has 0 aromatic heterocycles. The van der Waals surface area contributed by atoms with E-state index in [1.165, 1.54) is 13.2 Å². The van der Waals surface area contributed by atoms with E-state index >= 15 is 0 Å². The molecule has 0 spiro atoms. The van der Waals surface area contributed by atoms with Crippen LogP contribution in [0.15, 0.2) is 43.0 Å². The molecule has 1 aromatic carbocycles. The summed E-state index contributed by atoms with van der Waals surface area (Å²) in [5.41, 5.74) is -0.414. The van der Waals surface area contributed by atoms with Gasteiger partial charge in [0.2, 0.25) is 0 Å². The monoisotopic (exact) mass is 523 g/mol. The molecule has 2 aliphatic rings. The highest BCUT2D eigenvalue weighted by molar-refractivity contribution is 6.76. The number of carbonyl (C=O) groups is 1. The van der Waals surface area contributed by atoms with Crippen molar-refractivity contribution >= 4 is 40.7 Å². The Bertz CT molecular complexity index is 820. The van der Waals surface area contributed by atoms with Crippen LogP contribution in [0.4, 0.5) is 0 Å². The molecule has 11 heteroatoms. The van der Waals surface area contributed by atoms with Gasteiger partial charge in [0.15, 0.2) is 12.1 Å². The molecule has 2 saturated heterocycles. The number of benzene rings is 1. The summed E-state index contributed by atoms with van der Waals surface area (Å²) in [6, 6.07) is 9.54. The zero-order chi connectivity index (χ0) is 24.3. The highest BCUT2D eigenvalue weighted by atomic mass is 35.6. The lowest BCUT2D eigenvalue weighted by Gasteiger charge is -2.40. The number of rotatable bonds is 10. The lowest BCUT2D eigenvalue weighted by atomic mass is 9.88. The van der Waals surface area contributed by atoms with Crippen LogP contribution >= 0.6 is 34.8 Å². The standard InChI is InChI=1S/C22H28Cl3NO7/c1-5-21(26-19(27)22(23,24)25,12-29-11-14-9-7-6-8-10-14)17-15(30-13-28-4)16-18(31-17)33-20(2,3)32-16/h5-10,15-18H,1,11-13H2,2-4H3,(H,26,27)/t15-,16-,17+,18-,21-/m1/s1. The number of carbonyl (C=O) groups excluding carboxylic acids is 1. The van der Waals surface area contributed by atoms with Crippen molar-refractivity contribution in [1.82, 2.24) is 5.32 Å². The molecule has 2 heterocycles. The van der Waals surface area contributed by atoms with Gasteiger partial charge in [-0.05, 0) is 19.4 Å². The first kappa shape index (κ1) is 26.7. The predicted octanol–water partition coefficient (Wildman–Crippen LogP) is 3.48. The average molecular weight is 525 g/mol. The second-order valence-corrected chi connectivity index (χ2v) is 10.5. The molecule has 1 amide bonds. The summed E-state index contributed by atoms with van der Waals surface area (Å²) in [4.78, 5) is 12.7. The largest absolute Gasteiger partial charge is 0.374 e. The summed E-state index contributed by atoms with van der Waals surface area (Å²) in [7, 11) is 1.49. The number of fused-ring (bicyclic) bond motifs is 1. The van der Waals surface area contributed by atoms with E-state index in [-0.39, 0.29) is 20.0 Å². The molecule has 3 rings (SSSR count). The van der Waals surface area contributed by atoms with Gasteiger partial charge in [-0.3, -0.25) is 4.79 Å². The molecule has 0 bridgehead atoms. The molecule has 0 radical (unpaired) electrons. The third-order valence-electron chi connectivity index (χ3n) is 5.30. The number of ether oxygens (including phenoxy) is 6. The third-order valence-corrected chi connectivity index (χ3v) is 5.81. The Morgan fingerprint density at radius 3 is 2.55 bits per heavy atom. The summed E-state index contributed by atoms with van der Waals surface area (Å²) >= 11 is 17.5. The molecule has 2 aliphatic heterocycles. The zero-order valence-corrected chi connectivity index (χ0v) is 20.9. The van der Waals surface area contributed by atoms with Crippen molar-refractivity contribution in [2.45, 2.75) is 60.2 Å². The van der Waals surface area contributed by atoms with Crippen LogP contribution in [-0.2, 0) is 39.8 Å². The Hall–Kier alpha value is -0.940. The number of hydrogen-bond donors (Lipinski definition) is 1. The smallest absolute Gasteiger partial charge is 0.273 e. The number of amides is 1. The van der Waals surface area contributed by atoms with Gasteiger partial charge in [-0.15, -0.1) is 6.58 Å². The first-order valence-corrected chi connectivity index (χ1v) is 11.4. The summed E-state index contributed by atoms with van der Waals surface area (Å²) in [6.45, 7) is 7.60. The lowest BCUT2D eigenvalue weighted by molar-refractivity contribution is -0.233. The summed E-state index contributed by atoms with van der Waals surface area (Å²) in [6.07, 6.45) is -1.45. The fraction of sp³-hybridized carbons (Fsp3) is 0.591. The van der Waals surface area contributed by atoms with Crippen LogP contribution in [-0.4, -0.2) is 66.1 Å². The minimum atomic E-state index is -2.22. The van der Waals surface area contributed by atoms with Gasteiger partial charge < -0.3 is 33.7 Å². The zero-order valence-electron chi connectivity index (χ0n) is 18.6. The Morgan fingerprint density at radius 2 is 1.94 bits per heavy atom. The molecule has 0 unspecified atom stereocenters. The summed E-state index contributed by atoms with van der Waals surface area (Å²) in [5.74, 6) is -1.75. The van der Waals surface area contributed by atoms with Gasteiger partial charge in [-0.25, -0.2) is 0 Å². The van der Waals surface area contributed by atoms with Gasteiger partial charge in [0.25, 0.3) is 9.70 Å². The summed E-state index contributed by atoms with van der Waals surface area (Å²) in [5, 5.41) is 2.73. The van der Waals surface area contributed by atoms with Gasteiger partial charge in [0.05, 0.1) is 13.2 Å². The minimum absolute atomic E-state index is 0.0476. The average Bonchev–Trinajstić information content (AvgIpc) is 3.23. The SMILES string of the molecule is C=C[C@](COCc1ccccc1)(NC(=O)C(Cl)(Cl)Cl)[C@H]1O[C@@H]2OC(C)(C)O[C@@H]2[C@H]1OCOC. The Kier molecular flexibility index (Phi) is 8.70.